The van der Waals surface area contributed by atoms with Crippen LogP contribution in [0.3, 0.4) is 0 Å². The standard InChI is InChI=1S/C15H13BrO2/c1-11(17)15-12(6-5-9-14(15)16)10-18-13-7-3-2-4-8-13/h2-9H,10H2,1H3. The van der Waals surface area contributed by atoms with Gasteiger partial charge in [0.15, 0.2) is 5.78 Å². The summed E-state index contributed by atoms with van der Waals surface area (Å²) in [5.74, 6) is 0.834. The van der Waals surface area contributed by atoms with E-state index in [0.29, 0.717) is 12.2 Å². The highest BCUT2D eigenvalue weighted by Crippen LogP contribution is 2.22. The van der Waals surface area contributed by atoms with E-state index in [4.69, 9.17) is 4.74 Å². The molecule has 0 aliphatic carbocycles. The summed E-state index contributed by atoms with van der Waals surface area (Å²) in [6, 6.07) is 15.2. The van der Waals surface area contributed by atoms with Gasteiger partial charge in [-0.15, -0.1) is 0 Å². The minimum atomic E-state index is 0.0362. The summed E-state index contributed by atoms with van der Waals surface area (Å²) in [4.78, 5) is 11.6. The molecule has 0 saturated heterocycles. The SMILES string of the molecule is CC(=O)c1c(Br)cccc1COc1ccccc1. The Balaban J connectivity index is 2.20. The van der Waals surface area contributed by atoms with Crippen LogP contribution in [0.1, 0.15) is 22.8 Å². The van der Waals surface area contributed by atoms with E-state index in [1.807, 2.05) is 48.5 Å². The lowest BCUT2D eigenvalue weighted by atomic mass is 10.1. The first-order valence-corrected chi connectivity index (χ1v) is 6.44. The summed E-state index contributed by atoms with van der Waals surface area (Å²) in [7, 11) is 0. The van der Waals surface area contributed by atoms with E-state index >= 15 is 0 Å². The minimum Gasteiger partial charge on any atom is -0.489 e. The maximum Gasteiger partial charge on any atom is 0.161 e. The van der Waals surface area contributed by atoms with E-state index < -0.39 is 0 Å². The molecule has 0 N–H and O–H groups in total. The average molecular weight is 305 g/mol. The van der Waals surface area contributed by atoms with E-state index in [1.165, 1.54) is 0 Å². The van der Waals surface area contributed by atoms with Gasteiger partial charge in [0.2, 0.25) is 0 Å². The van der Waals surface area contributed by atoms with Crippen LogP contribution in [0.2, 0.25) is 0 Å². The molecule has 0 amide bonds. The maximum absolute atomic E-state index is 11.6. The van der Waals surface area contributed by atoms with Gasteiger partial charge in [-0.2, -0.15) is 0 Å². The molecule has 2 aromatic carbocycles. The first kappa shape index (κ1) is 12.8. The zero-order valence-electron chi connectivity index (χ0n) is 10.0. The van der Waals surface area contributed by atoms with Gasteiger partial charge in [-0.05, 0) is 25.1 Å². The molecule has 0 aliphatic rings. The van der Waals surface area contributed by atoms with Crippen LogP contribution < -0.4 is 4.74 Å². The van der Waals surface area contributed by atoms with Crippen LogP contribution >= 0.6 is 15.9 Å². The number of para-hydroxylation sites is 1. The molecule has 2 rings (SSSR count). The summed E-state index contributed by atoms with van der Waals surface area (Å²) in [6.07, 6.45) is 0. The Bertz CT molecular complexity index is 550. The fourth-order valence-corrected chi connectivity index (χ4v) is 2.45. The third-order valence-electron chi connectivity index (χ3n) is 2.59. The first-order valence-electron chi connectivity index (χ1n) is 5.64. The van der Waals surface area contributed by atoms with Gasteiger partial charge in [-0.3, -0.25) is 4.79 Å². The molecule has 0 atom stereocenters. The van der Waals surface area contributed by atoms with E-state index in [-0.39, 0.29) is 5.78 Å². The van der Waals surface area contributed by atoms with E-state index in [0.717, 1.165) is 15.8 Å². The molecule has 0 unspecified atom stereocenters. The highest BCUT2D eigenvalue weighted by Gasteiger charge is 2.11. The van der Waals surface area contributed by atoms with Crippen molar-refractivity contribution in [1.82, 2.24) is 0 Å². The second-order valence-corrected chi connectivity index (χ2v) is 4.79. The number of ketones is 1. The number of hydrogen-bond acceptors (Lipinski definition) is 2. The van der Waals surface area contributed by atoms with Gasteiger partial charge in [-0.1, -0.05) is 46.3 Å². The Morgan fingerprint density at radius 2 is 1.83 bits per heavy atom. The molecule has 0 saturated carbocycles. The topological polar surface area (TPSA) is 26.3 Å². The molecule has 0 bridgehead atoms. The van der Waals surface area contributed by atoms with Crippen LogP contribution in [0.4, 0.5) is 0 Å². The summed E-state index contributed by atoms with van der Waals surface area (Å²) in [5.41, 5.74) is 1.58. The monoisotopic (exact) mass is 304 g/mol. The highest BCUT2D eigenvalue weighted by atomic mass is 79.9. The maximum atomic E-state index is 11.6. The fraction of sp³-hybridized carbons (Fsp3) is 0.133. The van der Waals surface area contributed by atoms with Crippen molar-refractivity contribution in [3.05, 3.63) is 64.1 Å². The number of rotatable bonds is 4. The lowest BCUT2D eigenvalue weighted by molar-refractivity contribution is 0.101. The fourth-order valence-electron chi connectivity index (χ4n) is 1.76. The third kappa shape index (κ3) is 2.99. The van der Waals surface area contributed by atoms with Gasteiger partial charge in [0.25, 0.3) is 0 Å². The van der Waals surface area contributed by atoms with Gasteiger partial charge in [0.05, 0.1) is 0 Å². The Labute approximate surface area is 115 Å². The second-order valence-electron chi connectivity index (χ2n) is 3.93. The number of halogens is 1. The lowest BCUT2D eigenvalue weighted by Crippen LogP contribution is -2.04. The Morgan fingerprint density at radius 1 is 1.11 bits per heavy atom. The largest absolute Gasteiger partial charge is 0.489 e. The molecular formula is C15H13BrO2. The molecule has 0 spiro atoms. The van der Waals surface area contributed by atoms with E-state index in [2.05, 4.69) is 15.9 Å². The van der Waals surface area contributed by atoms with E-state index in [1.54, 1.807) is 6.92 Å². The summed E-state index contributed by atoms with van der Waals surface area (Å²) in [6.45, 7) is 1.95. The smallest absolute Gasteiger partial charge is 0.161 e. The summed E-state index contributed by atoms with van der Waals surface area (Å²) < 4.78 is 6.47. The predicted molar refractivity (Wildman–Crippen MR) is 74.9 cm³/mol. The molecule has 18 heavy (non-hydrogen) atoms. The Morgan fingerprint density at radius 3 is 2.50 bits per heavy atom. The predicted octanol–water partition coefficient (Wildman–Crippen LogP) is 4.23. The molecule has 0 aromatic heterocycles. The Hall–Kier alpha value is -1.61. The number of ether oxygens (including phenoxy) is 1. The number of Topliss-reactive ketones (excluding diaryl/α,β-unsaturated/α-hetero) is 1. The Kier molecular flexibility index (Phi) is 4.15. The summed E-state index contributed by atoms with van der Waals surface area (Å²) in [5, 5.41) is 0. The molecule has 92 valence electrons. The van der Waals surface area contributed by atoms with Crippen molar-refractivity contribution in [2.75, 3.05) is 0 Å². The molecule has 0 fully saturated rings. The molecule has 0 aliphatic heterocycles. The van der Waals surface area contributed by atoms with E-state index in [9.17, 15) is 4.79 Å². The highest BCUT2D eigenvalue weighted by molar-refractivity contribution is 9.10. The lowest BCUT2D eigenvalue weighted by Gasteiger charge is -2.10. The van der Waals surface area contributed by atoms with Crippen LogP contribution in [0, 0.1) is 0 Å². The van der Waals surface area contributed by atoms with Crippen LogP contribution in [0.5, 0.6) is 5.75 Å². The van der Waals surface area contributed by atoms with Gasteiger partial charge in [0.1, 0.15) is 12.4 Å². The average Bonchev–Trinajstić information content (AvgIpc) is 2.37. The van der Waals surface area contributed by atoms with Crippen molar-refractivity contribution in [3.63, 3.8) is 0 Å². The summed E-state index contributed by atoms with van der Waals surface area (Å²) >= 11 is 3.40. The van der Waals surface area contributed by atoms with Crippen molar-refractivity contribution >= 4 is 21.7 Å². The first-order chi connectivity index (χ1) is 8.68. The van der Waals surface area contributed by atoms with Crippen LogP contribution in [0.25, 0.3) is 0 Å². The zero-order valence-corrected chi connectivity index (χ0v) is 11.6. The molecule has 3 heteroatoms. The van der Waals surface area contributed by atoms with Crippen molar-refractivity contribution in [3.8, 4) is 5.75 Å². The van der Waals surface area contributed by atoms with Crippen LogP contribution in [-0.2, 0) is 6.61 Å². The normalized spacial score (nSPS) is 10.1. The molecule has 2 aromatic rings. The van der Waals surface area contributed by atoms with Crippen LogP contribution in [0.15, 0.2) is 53.0 Å². The van der Waals surface area contributed by atoms with Crippen molar-refractivity contribution in [1.29, 1.82) is 0 Å². The van der Waals surface area contributed by atoms with Crippen LogP contribution in [-0.4, -0.2) is 5.78 Å². The van der Waals surface area contributed by atoms with Crippen molar-refractivity contribution in [2.45, 2.75) is 13.5 Å². The minimum absolute atomic E-state index is 0.0362. The molecule has 2 nitrogen and oxygen atoms in total. The number of benzene rings is 2. The number of hydrogen-bond donors (Lipinski definition) is 0. The zero-order chi connectivity index (χ0) is 13.0. The molecule has 0 radical (unpaired) electrons. The quantitative estimate of drug-likeness (QED) is 0.790. The van der Waals surface area contributed by atoms with Gasteiger partial charge >= 0.3 is 0 Å². The van der Waals surface area contributed by atoms with Gasteiger partial charge in [0, 0.05) is 15.6 Å². The molecular weight excluding hydrogens is 292 g/mol. The van der Waals surface area contributed by atoms with Crippen molar-refractivity contribution in [2.24, 2.45) is 0 Å². The number of carbonyl (C=O) groups is 1. The second kappa shape index (κ2) is 5.83. The molecule has 0 heterocycles. The third-order valence-corrected chi connectivity index (χ3v) is 3.25. The van der Waals surface area contributed by atoms with Gasteiger partial charge < -0.3 is 4.74 Å². The van der Waals surface area contributed by atoms with Gasteiger partial charge in [-0.25, -0.2) is 0 Å². The number of carbonyl (C=O) groups excluding carboxylic acids is 1. The van der Waals surface area contributed by atoms with Crippen molar-refractivity contribution < 1.29 is 9.53 Å².